The van der Waals surface area contributed by atoms with Gasteiger partial charge in [0, 0.05) is 17.0 Å². The van der Waals surface area contributed by atoms with Gasteiger partial charge in [-0.25, -0.2) is 4.98 Å². The fourth-order valence-corrected chi connectivity index (χ4v) is 2.41. The molecule has 0 radical (unpaired) electrons. The number of aromatic nitrogens is 4. The Kier molecular flexibility index (Phi) is 16.3. The molecular formula is C27H35N4Y. The van der Waals surface area contributed by atoms with Gasteiger partial charge >= 0.3 is 32.7 Å². The Labute approximate surface area is 220 Å². The third kappa shape index (κ3) is 9.48. The normalized spacial score (nSPS) is 9.72. The van der Waals surface area contributed by atoms with Crippen LogP contribution >= 0.6 is 0 Å². The Balaban J connectivity index is 0. The SMILES string of the molecule is CC.C[CH-]c1ncc(C#Cc2ccc(C#Cc3cnc(C(C)C(C)C)[nH]3)cc2)[nH]1.[CH3-].[CH3-].[Y+3]. The van der Waals surface area contributed by atoms with Crippen molar-refractivity contribution >= 4 is 0 Å². The van der Waals surface area contributed by atoms with Gasteiger partial charge in [-0.2, -0.15) is 6.92 Å². The molecule has 4 nitrogen and oxygen atoms in total. The van der Waals surface area contributed by atoms with Crippen molar-refractivity contribution in [1.29, 1.82) is 0 Å². The topological polar surface area (TPSA) is 57.4 Å². The van der Waals surface area contributed by atoms with E-state index in [0.29, 0.717) is 11.8 Å². The van der Waals surface area contributed by atoms with E-state index in [4.69, 9.17) is 0 Å². The van der Waals surface area contributed by atoms with Crippen LogP contribution in [0, 0.1) is 50.9 Å². The van der Waals surface area contributed by atoms with Crippen LogP contribution in [0.4, 0.5) is 0 Å². The minimum Gasteiger partial charge on any atom is -0.362 e. The molecule has 3 rings (SSSR count). The van der Waals surface area contributed by atoms with E-state index in [-0.39, 0.29) is 47.6 Å². The zero-order chi connectivity index (χ0) is 21.2. The number of H-pyrrole nitrogens is 2. The van der Waals surface area contributed by atoms with Crippen LogP contribution in [0.2, 0.25) is 0 Å². The molecule has 0 amide bonds. The number of nitrogens with one attached hydrogen (secondary N) is 2. The van der Waals surface area contributed by atoms with E-state index >= 15 is 0 Å². The van der Waals surface area contributed by atoms with E-state index < -0.39 is 0 Å². The van der Waals surface area contributed by atoms with E-state index in [0.717, 1.165) is 34.2 Å². The van der Waals surface area contributed by atoms with Gasteiger partial charge in [-0.1, -0.05) is 46.5 Å². The number of imidazole rings is 2. The Morgan fingerprint density at radius 2 is 1.25 bits per heavy atom. The molecule has 1 atom stereocenters. The number of rotatable bonds is 3. The molecule has 0 spiro atoms. The number of benzene rings is 1. The quantitative estimate of drug-likeness (QED) is 0.330. The first-order valence-corrected chi connectivity index (χ1v) is 10.1. The van der Waals surface area contributed by atoms with Crippen LogP contribution in [0.25, 0.3) is 0 Å². The molecule has 0 bridgehead atoms. The maximum absolute atomic E-state index is 4.44. The number of nitrogens with zero attached hydrogens (tertiary/aromatic N) is 2. The van der Waals surface area contributed by atoms with Crippen LogP contribution in [-0.4, -0.2) is 19.9 Å². The van der Waals surface area contributed by atoms with Gasteiger partial charge in [0.15, 0.2) is 0 Å². The smallest absolute Gasteiger partial charge is 0.362 e. The molecule has 2 N–H and O–H groups in total. The molecule has 0 aliphatic carbocycles. The summed E-state index contributed by atoms with van der Waals surface area (Å²) in [6.45, 7) is 12.5. The van der Waals surface area contributed by atoms with Crippen molar-refractivity contribution in [3.63, 3.8) is 0 Å². The summed E-state index contributed by atoms with van der Waals surface area (Å²) in [4.78, 5) is 15.1. The van der Waals surface area contributed by atoms with Crippen molar-refractivity contribution < 1.29 is 32.7 Å². The van der Waals surface area contributed by atoms with Gasteiger partial charge in [0.1, 0.15) is 17.2 Å². The predicted octanol–water partition coefficient (Wildman–Crippen LogP) is 6.19. The molecule has 0 saturated carbocycles. The van der Waals surface area contributed by atoms with Crippen LogP contribution in [0.5, 0.6) is 0 Å². The number of hydrogen-bond acceptors (Lipinski definition) is 2. The van der Waals surface area contributed by atoms with Crippen LogP contribution in [0.15, 0.2) is 36.7 Å². The fourth-order valence-electron chi connectivity index (χ4n) is 2.41. The summed E-state index contributed by atoms with van der Waals surface area (Å²) in [5.74, 6) is 15.3. The Bertz CT molecular complexity index is 1020. The first-order valence-electron chi connectivity index (χ1n) is 10.1. The molecule has 0 aliphatic heterocycles. The van der Waals surface area contributed by atoms with Crippen LogP contribution < -0.4 is 0 Å². The predicted molar refractivity (Wildman–Crippen MR) is 132 cm³/mol. The van der Waals surface area contributed by atoms with Gasteiger partial charge in [0.05, 0.1) is 12.4 Å². The van der Waals surface area contributed by atoms with Gasteiger partial charge in [-0.3, -0.25) is 4.98 Å². The standard InChI is InChI=1S/C23H23N4.C2H6.2CH3.Y/c1-5-22-24-14-20(26-22)12-10-18-6-8-19(9-7-18)11-13-21-15-25-23(27-21)17(4)16(2)3;1-2;;;/h5-9,14-17H,1-4H3,(H,24,26)(H,25,27);1-2H3;2*1H3;/q-1;;2*-1;+3. The first-order chi connectivity index (χ1) is 14.0. The van der Waals surface area contributed by atoms with Gasteiger partial charge in [-0.05, 0) is 47.8 Å². The van der Waals surface area contributed by atoms with Crippen molar-refractivity contribution in [3.8, 4) is 23.7 Å². The second kappa shape index (κ2) is 16.4. The van der Waals surface area contributed by atoms with Gasteiger partial charge < -0.3 is 31.2 Å². The largest absolute Gasteiger partial charge is 3.00 e. The number of hydrogen-bond donors (Lipinski definition) is 2. The molecule has 1 aromatic carbocycles. The molecule has 0 fully saturated rings. The van der Waals surface area contributed by atoms with E-state index in [2.05, 4.69) is 64.4 Å². The van der Waals surface area contributed by atoms with E-state index in [9.17, 15) is 0 Å². The summed E-state index contributed by atoms with van der Waals surface area (Å²) in [5, 5.41) is 0. The van der Waals surface area contributed by atoms with E-state index in [1.54, 1.807) is 12.4 Å². The van der Waals surface area contributed by atoms with Crippen LogP contribution in [-0.2, 0) is 32.7 Å². The fraction of sp³-hybridized carbons (Fsp3) is 0.296. The zero-order valence-corrected chi connectivity index (χ0v) is 23.5. The molecule has 0 saturated heterocycles. The maximum Gasteiger partial charge on any atom is 3.00 e. The van der Waals surface area contributed by atoms with E-state index in [1.165, 1.54) is 0 Å². The Morgan fingerprint density at radius 3 is 1.69 bits per heavy atom. The monoisotopic (exact) mass is 504 g/mol. The average Bonchev–Trinajstić information content (AvgIpc) is 3.41. The van der Waals surface area contributed by atoms with Crippen LogP contribution in [0.1, 0.15) is 81.6 Å². The van der Waals surface area contributed by atoms with Crippen molar-refractivity contribution in [2.75, 3.05) is 0 Å². The summed E-state index contributed by atoms with van der Waals surface area (Å²) in [6.07, 6.45) is 5.44. The molecule has 166 valence electrons. The molecule has 0 aliphatic rings. The average molecular weight is 505 g/mol. The van der Waals surface area contributed by atoms with E-state index in [1.807, 2.05) is 51.5 Å². The van der Waals surface area contributed by atoms with Crippen molar-refractivity contribution in [1.82, 2.24) is 19.9 Å². The van der Waals surface area contributed by atoms with Crippen LogP contribution in [0.3, 0.4) is 0 Å². The molecule has 5 heteroatoms. The first kappa shape index (κ1) is 31.9. The second-order valence-electron chi connectivity index (χ2n) is 6.76. The van der Waals surface area contributed by atoms with Crippen molar-refractivity contribution in [2.45, 2.75) is 47.5 Å². The third-order valence-corrected chi connectivity index (χ3v) is 4.46. The summed E-state index contributed by atoms with van der Waals surface area (Å²) >= 11 is 0. The number of aromatic amines is 2. The Morgan fingerprint density at radius 1 is 0.781 bits per heavy atom. The summed E-state index contributed by atoms with van der Waals surface area (Å²) in [6, 6.07) is 7.89. The minimum atomic E-state index is 0. The van der Waals surface area contributed by atoms with Crippen molar-refractivity contribution in [3.05, 3.63) is 92.1 Å². The summed E-state index contributed by atoms with van der Waals surface area (Å²) in [5.41, 5.74) is 3.52. The molecular weight excluding hydrogens is 469 g/mol. The molecule has 32 heavy (non-hydrogen) atoms. The van der Waals surface area contributed by atoms with Crippen molar-refractivity contribution in [2.24, 2.45) is 5.92 Å². The summed E-state index contributed by atoms with van der Waals surface area (Å²) < 4.78 is 0. The molecule has 1 unspecified atom stereocenters. The Hall–Kier alpha value is -2.27. The molecule has 3 aromatic rings. The maximum atomic E-state index is 4.44. The third-order valence-electron chi connectivity index (χ3n) is 4.46. The molecule has 2 aromatic heterocycles. The van der Waals surface area contributed by atoms with Gasteiger partial charge in [0.25, 0.3) is 0 Å². The molecule has 2 heterocycles. The summed E-state index contributed by atoms with van der Waals surface area (Å²) in [7, 11) is 0. The minimum absolute atomic E-state index is 0. The van der Waals surface area contributed by atoms with Gasteiger partial charge in [-0.15, -0.1) is 0 Å². The van der Waals surface area contributed by atoms with Gasteiger partial charge in [0.2, 0.25) is 0 Å². The second-order valence-corrected chi connectivity index (χ2v) is 6.76. The zero-order valence-electron chi connectivity index (χ0n) is 20.7.